The topological polar surface area (TPSA) is 58.4 Å². The normalized spacial score (nSPS) is 21.6. The summed E-state index contributed by atoms with van der Waals surface area (Å²) < 4.78 is 0. The van der Waals surface area contributed by atoms with E-state index in [0.29, 0.717) is 5.92 Å². The van der Waals surface area contributed by atoms with E-state index in [2.05, 4.69) is 24.1 Å². The molecule has 1 atom stereocenters. The largest absolute Gasteiger partial charge is 0.354 e. The summed E-state index contributed by atoms with van der Waals surface area (Å²) in [6, 6.07) is 0. The first-order valence-electron chi connectivity index (χ1n) is 7.29. The van der Waals surface area contributed by atoms with Crippen LogP contribution in [-0.4, -0.2) is 42.5 Å². The van der Waals surface area contributed by atoms with Crippen LogP contribution in [0, 0.1) is 5.92 Å². The molecule has 0 aliphatic carbocycles. The number of carbonyl (C=O) groups is 1. The third-order valence-electron chi connectivity index (χ3n) is 3.99. The van der Waals surface area contributed by atoms with Gasteiger partial charge in [0, 0.05) is 6.54 Å². The Morgan fingerprint density at radius 3 is 2.50 bits per heavy atom. The molecule has 1 fully saturated rings. The highest BCUT2D eigenvalue weighted by Gasteiger charge is 2.28. The summed E-state index contributed by atoms with van der Waals surface area (Å²) >= 11 is 0. The molecule has 0 saturated carbocycles. The highest BCUT2D eigenvalue weighted by molar-refractivity contribution is 5.85. The number of hydrogen-bond acceptors (Lipinski definition) is 3. The van der Waals surface area contributed by atoms with Gasteiger partial charge in [-0.1, -0.05) is 20.3 Å². The Balaban J connectivity index is 2.27. The van der Waals surface area contributed by atoms with Crippen LogP contribution in [0.2, 0.25) is 0 Å². The lowest BCUT2D eigenvalue weighted by atomic mass is 9.94. The first kappa shape index (κ1) is 15.4. The number of nitrogens with zero attached hydrogens (tertiary/aromatic N) is 1. The van der Waals surface area contributed by atoms with Gasteiger partial charge < -0.3 is 16.0 Å². The third kappa shape index (κ3) is 4.58. The molecule has 106 valence electrons. The van der Waals surface area contributed by atoms with Gasteiger partial charge in [-0.2, -0.15) is 0 Å². The van der Waals surface area contributed by atoms with Crippen molar-refractivity contribution in [2.75, 3.05) is 26.2 Å². The van der Waals surface area contributed by atoms with Gasteiger partial charge in [-0.25, -0.2) is 0 Å². The molecule has 0 aromatic rings. The van der Waals surface area contributed by atoms with Crippen LogP contribution in [-0.2, 0) is 4.79 Å². The van der Waals surface area contributed by atoms with Gasteiger partial charge >= 0.3 is 0 Å². The molecule has 1 rings (SSSR count). The standard InChI is InChI=1S/C14H29N3O/c1-4-8-14(3,15)13(18)16-11-12-6-9-17(5-2)10-7-12/h12H,4-11,15H2,1-3H3,(H,16,18). The second kappa shape index (κ2) is 7.10. The van der Waals surface area contributed by atoms with Gasteiger partial charge in [-0.05, 0) is 51.7 Å². The minimum absolute atomic E-state index is 0.00210. The summed E-state index contributed by atoms with van der Waals surface area (Å²) in [6.07, 6.45) is 4.05. The number of hydrogen-bond donors (Lipinski definition) is 2. The van der Waals surface area contributed by atoms with Crippen molar-refractivity contribution in [1.29, 1.82) is 0 Å². The lowest BCUT2D eigenvalue weighted by Crippen LogP contribution is -2.52. The highest BCUT2D eigenvalue weighted by atomic mass is 16.2. The van der Waals surface area contributed by atoms with Gasteiger partial charge in [0.25, 0.3) is 0 Å². The number of nitrogens with one attached hydrogen (secondary N) is 1. The van der Waals surface area contributed by atoms with Gasteiger partial charge in [0.2, 0.25) is 5.91 Å². The van der Waals surface area contributed by atoms with Crippen molar-refractivity contribution in [3.63, 3.8) is 0 Å². The lowest BCUT2D eigenvalue weighted by molar-refractivity contribution is -0.126. The smallest absolute Gasteiger partial charge is 0.239 e. The fraction of sp³-hybridized carbons (Fsp3) is 0.929. The van der Waals surface area contributed by atoms with Crippen LogP contribution in [0.15, 0.2) is 0 Å². The van der Waals surface area contributed by atoms with E-state index >= 15 is 0 Å². The maximum atomic E-state index is 12.0. The van der Waals surface area contributed by atoms with Crippen molar-refractivity contribution in [3.05, 3.63) is 0 Å². The van der Waals surface area contributed by atoms with Crippen LogP contribution in [0.4, 0.5) is 0 Å². The van der Waals surface area contributed by atoms with Crippen LogP contribution < -0.4 is 11.1 Å². The van der Waals surface area contributed by atoms with Gasteiger partial charge in [-0.15, -0.1) is 0 Å². The van der Waals surface area contributed by atoms with Crippen molar-refractivity contribution < 1.29 is 4.79 Å². The Morgan fingerprint density at radius 1 is 1.39 bits per heavy atom. The Bertz CT molecular complexity index is 258. The molecule has 3 N–H and O–H groups in total. The zero-order chi connectivity index (χ0) is 13.6. The molecule has 0 radical (unpaired) electrons. The van der Waals surface area contributed by atoms with Crippen LogP contribution in [0.1, 0.15) is 46.5 Å². The number of carbonyl (C=O) groups excluding carboxylic acids is 1. The second-order valence-corrected chi connectivity index (χ2v) is 5.76. The van der Waals surface area contributed by atoms with Crippen LogP contribution in [0.3, 0.4) is 0 Å². The summed E-state index contributed by atoms with van der Waals surface area (Å²) in [6.45, 7) is 10.3. The first-order valence-corrected chi connectivity index (χ1v) is 7.29. The van der Waals surface area contributed by atoms with Crippen molar-refractivity contribution in [2.24, 2.45) is 11.7 Å². The molecule has 0 spiro atoms. The molecule has 0 bridgehead atoms. The zero-order valence-electron chi connectivity index (χ0n) is 12.2. The van der Waals surface area contributed by atoms with Gasteiger partial charge in [0.05, 0.1) is 5.54 Å². The van der Waals surface area contributed by atoms with E-state index in [4.69, 9.17) is 5.73 Å². The average Bonchev–Trinajstić information content (AvgIpc) is 2.36. The van der Waals surface area contributed by atoms with E-state index in [1.54, 1.807) is 0 Å². The van der Waals surface area contributed by atoms with Gasteiger partial charge in [0.1, 0.15) is 0 Å². The molecule has 1 aliphatic rings. The molecule has 4 heteroatoms. The van der Waals surface area contributed by atoms with Crippen LogP contribution in [0.5, 0.6) is 0 Å². The molecule has 1 saturated heterocycles. The van der Waals surface area contributed by atoms with Crippen molar-refractivity contribution in [1.82, 2.24) is 10.2 Å². The predicted octanol–water partition coefficient (Wildman–Crippen LogP) is 1.35. The van der Waals surface area contributed by atoms with E-state index in [9.17, 15) is 4.79 Å². The number of nitrogens with two attached hydrogens (primary N) is 1. The summed E-state index contributed by atoms with van der Waals surface area (Å²) in [4.78, 5) is 14.4. The minimum Gasteiger partial charge on any atom is -0.354 e. The first-order chi connectivity index (χ1) is 8.49. The quantitative estimate of drug-likeness (QED) is 0.753. The lowest BCUT2D eigenvalue weighted by Gasteiger charge is -2.32. The number of piperidine rings is 1. The number of likely N-dealkylation sites (tertiary alicyclic amines) is 1. The monoisotopic (exact) mass is 255 g/mol. The molecule has 0 aromatic heterocycles. The second-order valence-electron chi connectivity index (χ2n) is 5.76. The maximum Gasteiger partial charge on any atom is 0.239 e. The molecule has 18 heavy (non-hydrogen) atoms. The minimum atomic E-state index is -0.709. The van der Waals surface area contributed by atoms with Crippen molar-refractivity contribution in [2.45, 2.75) is 52.0 Å². The molecule has 0 aromatic carbocycles. The van der Waals surface area contributed by atoms with E-state index in [1.807, 2.05) is 6.92 Å². The SMILES string of the molecule is CCCC(C)(N)C(=O)NCC1CCN(CC)CC1. The molecular weight excluding hydrogens is 226 g/mol. The molecule has 1 heterocycles. The van der Waals surface area contributed by atoms with E-state index in [-0.39, 0.29) is 5.91 Å². The Hall–Kier alpha value is -0.610. The molecule has 4 nitrogen and oxygen atoms in total. The summed E-state index contributed by atoms with van der Waals surface area (Å²) in [7, 11) is 0. The van der Waals surface area contributed by atoms with E-state index in [1.165, 1.54) is 12.8 Å². The Labute approximate surface area is 111 Å². The fourth-order valence-corrected chi connectivity index (χ4v) is 2.58. The van der Waals surface area contributed by atoms with Crippen molar-refractivity contribution >= 4 is 5.91 Å². The van der Waals surface area contributed by atoms with E-state index < -0.39 is 5.54 Å². The summed E-state index contributed by atoms with van der Waals surface area (Å²) in [5.74, 6) is 0.622. The van der Waals surface area contributed by atoms with E-state index in [0.717, 1.165) is 39.0 Å². The van der Waals surface area contributed by atoms with Gasteiger partial charge in [-0.3, -0.25) is 4.79 Å². The Morgan fingerprint density at radius 2 is 2.00 bits per heavy atom. The molecular formula is C14H29N3O. The van der Waals surface area contributed by atoms with Crippen LogP contribution in [0.25, 0.3) is 0 Å². The zero-order valence-corrected chi connectivity index (χ0v) is 12.2. The van der Waals surface area contributed by atoms with Gasteiger partial charge in [0.15, 0.2) is 0 Å². The van der Waals surface area contributed by atoms with Crippen molar-refractivity contribution in [3.8, 4) is 0 Å². The summed E-state index contributed by atoms with van der Waals surface area (Å²) in [5.41, 5.74) is 5.30. The third-order valence-corrected chi connectivity index (χ3v) is 3.99. The molecule has 1 unspecified atom stereocenters. The van der Waals surface area contributed by atoms with Crippen LogP contribution >= 0.6 is 0 Å². The molecule has 1 amide bonds. The molecule has 1 aliphatic heterocycles. The maximum absolute atomic E-state index is 12.0. The number of rotatable bonds is 6. The predicted molar refractivity (Wildman–Crippen MR) is 75.3 cm³/mol. The Kier molecular flexibility index (Phi) is 6.09. The summed E-state index contributed by atoms with van der Waals surface area (Å²) in [5, 5.41) is 3.03. The fourth-order valence-electron chi connectivity index (χ4n) is 2.58. The number of amides is 1. The average molecular weight is 255 g/mol. The highest BCUT2D eigenvalue weighted by Crippen LogP contribution is 2.16.